The van der Waals surface area contributed by atoms with Crippen molar-refractivity contribution in [3.05, 3.63) is 35.4 Å². The lowest BCUT2D eigenvalue weighted by molar-refractivity contribution is -0.152. The van der Waals surface area contributed by atoms with Crippen LogP contribution in [0.5, 0.6) is 0 Å². The van der Waals surface area contributed by atoms with Gasteiger partial charge < -0.3 is 9.84 Å². The van der Waals surface area contributed by atoms with Crippen molar-refractivity contribution in [2.75, 3.05) is 0 Å². The summed E-state index contributed by atoms with van der Waals surface area (Å²) >= 11 is 0. The largest absolute Gasteiger partial charge is 0.481 e. The van der Waals surface area contributed by atoms with Crippen molar-refractivity contribution in [1.29, 1.82) is 0 Å². The number of aliphatic carboxylic acids is 1. The number of rotatable bonds is 3. The molecular formula is C14H14F2O3. The van der Waals surface area contributed by atoms with Gasteiger partial charge in [0.1, 0.15) is 17.0 Å². The highest BCUT2D eigenvalue weighted by molar-refractivity contribution is 5.76. The minimum absolute atomic E-state index is 0.0282. The third-order valence-corrected chi connectivity index (χ3v) is 4.18. The maximum absolute atomic E-state index is 13.2. The molecule has 3 nitrogen and oxygen atoms in total. The van der Waals surface area contributed by atoms with E-state index in [9.17, 15) is 18.7 Å². The van der Waals surface area contributed by atoms with E-state index in [1.54, 1.807) is 0 Å². The molecule has 0 radical (unpaired) electrons. The molecule has 2 saturated heterocycles. The van der Waals surface area contributed by atoms with E-state index in [0.29, 0.717) is 18.4 Å². The number of fused-ring (bicyclic) bond motifs is 2. The van der Waals surface area contributed by atoms with Gasteiger partial charge in [0.15, 0.2) is 0 Å². The van der Waals surface area contributed by atoms with E-state index in [0.717, 1.165) is 12.5 Å². The molecule has 19 heavy (non-hydrogen) atoms. The van der Waals surface area contributed by atoms with E-state index in [1.807, 2.05) is 0 Å². The number of benzene rings is 1. The van der Waals surface area contributed by atoms with Crippen LogP contribution in [0.4, 0.5) is 8.78 Å². The van der Waals surface area contributed by atoms with Crippen LogP contribution < -0.4 is 0 Å². The van der Waals surface area contributed by atoms with Gasteiger partial charge in [-0.25, -0.2) is 8.78 Å². The molecule has 2 aliphatic rings. The first kappa shape index (κ1) is 12.5. The minimum Gasteiger partial charge on any atom is -0.481 e. The third kappa shape index (κ3) is 2.02. The first-order valence-corrected chi connectivity index (χ1v) is 6.33. The molecule has 1 aromatic carbocycles. The van der Waals surface area contributed by atoms with Gasteiger partial charge in [-0.05, 0) is 43.4 Å². The molecule has 102 valence electrons. The predicted octanol–water partition coefficient (Wildman–Crippen LogP) is 2.53. The maximum Gasteiger partial charge on any atom is 0.312 e. The second-order valence-electron chi connectivity index (χ2n) is 5.44. The van der Waals surface area contributed by atoms with Gasteiger partial charge in [0.05, 0.1) is 12.2 Å². The monoisotopic (exact) mass is 268 g/mol. The first-order valence-electron chi connectivity index (χ1n) is 6.33. The summed E-state index contributed by atoms with van der Waals surface area (Å²) < 4.78 is 32.0. The fraction of sp³-hybridized carbons (Fsp3) is 0.500. The average molecular weight is 268 g/mol. The lowest BCUT2D eigenvalue weighted by atomic mass is 9.70. The van der Waals surface area contributed by atoms with Crippen LogP contribution in [0, 0.1) is 17.0 Å². The van der Waals surface area contributed by atoms with Crippen LogP contribution in [-0.2, 0) is 16.0 Å². The molecule has 3 unspecified atom stereocenters. The Labute approximate surface area is 109 Å². The fourth-order valence-corrected chi connectivity index (χ4v) is 3.36. The van der Waals surface area contributed by atoms with Gasteiger partial charge in [-0.1, -0.05) is 0 Å². The Morgan fingerprint density at radius 3 is 2.47 bits per heavy atom. The van der Waals surface area contributed by atoms with E-state index < -0.39 is 23.0 Å². The molecule has 0 amide bonds. The van der Waals surface area contributed by atoms with Crippen LogP contribution in [0.3, 0.4) is 0 Å². The van der Waals surface area contributed by atoms with Crippen molar-refractivity contribution < 1.29 is 23.4 Å². The van der Waals surface area contributed by atoms with Crippen molar-refractivity contribution in [3.8, 4) is 0 Å². The summed E-state index contributed by atoms with van der Waals surface area (Å²) in [7, 11) is 0. The van der Waals surface area contributed by atoms with Gasteiger partial charge >= 0.3 is 5.97 Å². The van der Waals surface area contributed by atoms with Crippen molar-refractivity contribution in [3.63, 3.8) is 0 Å². The summed E-state index contributed by atoms with van der Waals surface area (Å²) in [4.78, 5) is 11.6. The molecule has 5 heteroatoms. The molecule has 0 aliphatic carbocycles. The number of hydrogen-bond donors (Lipinski definition) is 1. The minimum atomic E-state index is -1.04. The normalized spacial score (nSPS) is 32.7. The Kier molecular flexibility index (Phi) is 2.82. The number of halogens is 2. The van der Waals surface area contributed by atoms with Crippen LogP contribution in [0.15, 0.2) is 18.2 Å². The van der Waals surface area contributed by atoms with E-state index in [4.69, 9.17) is 4.74 Å². The van der Waals surface area contributed by atoms with Crippen molar-refractivity contribution >= 4 is 5.97 Å². The summed E-state index contributed by atoms with van der Waals surface area (Å²) in [6.07, 6.45) is 1.73. The zero-order valence-electron chi connectivity index (χ0n) is 10.2. The highest BCUT2D eigenvalue weighted by atomic mass is 19.1. The first-order chi connectivity index (χ1) is 8.99. The average Bonchev–Trinajstić information content (AvgIpc) is 2.87. The number of ether oxygens (including phenoxy) is 1. The van der Waals surface area contributed by atoms with Crippen LogP contribution in [-0.4, -0.2) is 23.3 Å². The molecule has 2 heterocycles. The van der Waals surface area contributed by atoms with Crippen molar-refractivity contribution in [2.45, 2.75) is 37.9 Å². The van der Waals surface area contributed by atoms with Crippen molar-refractivity contribution in [2.24, 2.45) is 5.41 Å². The Morgan fingerprint density at radius 1 is 1.32 bits per heavy atom. The van der Waals surface area contributed by atoms with Gasteiger partial charge in [0, 0.05) is 6.07 Å². The molecule has 1 N–H and O–H groups in total. The van der Waals surface area contributed by atoms with E-state index in [1.165, 1.54) is 12.1 Å². The Morgan fingerprint density at radius 2 is 2.00 bits per heavy atom. The topological polar surface area (TPSA) is 46.5 Å². The summed E-state index contributed by atoms with van der Waals surface area (Å²) in [6.45, 7) is 0. The number of carbonyl (C=O) groups is 1. The molecule has 0 saturated carbocycles. The zero-order chi connectivity index (χ0) is 13.6. The predicted molar refractivity (Wildman–Crippen MR) is 62.6 cm³/mol. The van der Waals surface area contributed by atoms with Gasteiger partial charge in [-0.15, -0.1) is 0 Å². The fourth-order valence-electron chi connectivity index (χ4n) is 3.36. The third-order valence-electron chi connectivity index (χ3n) is 4.18. The number of carboxylic acid groups (broad SMARTS) is 1. The maximum atomic E-state index is 13.2. The molecular weight excluding hydrogens is 254 g/mol. The van der Waals surface area contributed by atoms with Crippen LogP contribution >= 0.6 is 0 Å². The lowest BCUT2D eigenvalue weighted by Gasteiger charge is -2.31. The highest BCUT2D eigenvalue weighted by Crippen LogP contribution is 2.49. The van der Waals surface area contributed by atoms with Crippen LogP contribution in [0.25, 0.3) is 0 Å². The molecule has 3 rings (SSSR count). The summed E-state index contributed by atoms with van der Waals surface area (Å²) in [5.74, 6) is -2.30. The standard InChI is InChI=1S/C14H14F2O3/c15-9-3-8(4-10(16)5-9)6-14(13(17)18)7-11-1-2-12(14)19-11/h3-5,11-12H,1-2,6-7H2,(H,17,18). The van der Waals surface area contributed by atoms with Crippen LogP contribution in [0.1, 0.15) is 24.8 Å². The summed E-state index contributed by atoms with van der Waals surface area (Å²) in [5, 5.41) is 9.52. The number of hydrogen-bond acceptors (Lipinski definition) is 2. The van der Waals surface area contributed by atoms with Gasteiger partial charge in [-0.2, -0.15) is 0 Å². The highest BCUT2D eigenvalue weighted by Gasteiger charge is 2.57. The zero-order valence-corrected chi connectivity index (χ0v) is 10.2. The quantitative estimate of drug-likeness (QED) is 0.916. The van der Waals surface area contributed by atoms with Gasteiger partial charge in [0.2, 0.25) is 0 Å². The SMILES string of the molecule is O=C(O)C1(Cc2cc(F)cc(F)c2)CC2CCC1O2. The van der Waals surface area contributed by atoms with Crippen molar-refractivity contribution in [1.82, 2.24) is 0 Å². The Bertz CT molecular complexity index is 511. The van der Waals surface area contributed by atoms with Gasteiger partial charge in [0.25, 0.3) is 0 Å². The molecule has 2 fully saturated rings. The summed E-state index contributed by atoms with van der Waals surface area (Å²) in [5.41, 5.74) is -0.667. The molecule has 0 spiro atoms. The lowest BCUT2D eigenvalue weighted by Crippen LogP contribution is -2.42. The molecule has 3 atom stereocenters. The number of carboxylic acids is 1. The Balaban J connectivity index is 1.92. The summed E-state index contributed by atoms with van der Waals surface area (Å²) in [6, 6.07) is 3.17. The molecule has 1 aromatic rings. The van der Waals surface area contributed by atoms with Gasteiger partial charge in [-0.3, -0.25) is 4.79 Å². The molecule has 0 aromatic heterocycles. The second-order valence-corrected chi connectivity index (χ2v) is 5.44. The molecule has 2 bridgehead atoms. The van der Waals surface area contributed by atoms with E-state index >= 15 is 0 Å². The van der Waals surface area contributed by atoms with E-state index in [2.05, 4.69) is 0 Å². The smallest absolute Gasteiger partial charge is 0.312 e. The van der Waals surface area contributed by atoms with Crippen LogP contribution in [0.2, 0.25) is 0 Å². The molecule has 2 aliphatic heterocycles. The Hall–Kier alpha value is -1.49. The second kappa shape index (κ2) is 4.27. The van der Waals surface area contributed by atoms with E-state index in [-0.39, 0.29) is 18.6 Å².